The molecule has 4 rings (SSSR count). The van der Waals surface area contributed by atoms with Crippen LogP contribution in [0.2, 0.25) is 0 Å². The van der Waals surface area contributed by atoms with Crippen molar-refractivity contribution in [1.29, 1.82) is 0 Å². The van der Waals surface area contributed by atoms with Gasteiger partial charge in [-0.05, 0) is 61.6 Å². The third kappa shape index (κ3) is 2.97. The first-order chi connectivity index (χ1) is 13.0. The van der Waals surface area contributed by atoms with Gasteiger partial charge in [-0.3, -0.25) is 4.98 Å². The van der Waals surface area contributed by atoms with E-state index < -0.39 is 0 Å². The summed E-state index contributed by atoms with van der Waals surface area (Å²) >= 11 is 0. The fourth-order valence-electron chi connectivity index (χ4n) is 4.11. The molecule has 2 aromatic carbocycles. The van der Waals surface area contributed by atoms with Crippen molar-refractivity contribution in [1.82, 2.24) is 4.98 Å². The van der Waals surface area contributed by atoms with Gasteiger partial charge in [0.25, 0.3) is 0 Å². The van der Waals surface area contributed by atoms with E-state index in [1.807, 2.05) is 12.3 Å². The van der Waals surface area contributed by atoms with Crippen LogP contribution < -0.4 is 10.5 Å². The number of nitrogens with two attached hydrogens (primary N) is 1. The molecule has 0 radical (unpaired) electrons. The molecule has 3 nitrogen and oxygen atoms in total. The second-order valence-corrected chi connectivity index (χ2v) is 7.62. The first-order valence-electron chi connectivity index (χ1n) is 9.49. The summed E-state index contributed by atoms with van der Waals surface area (Å²) in [6, 6.07) is 14.8. The lowest BCUT2D eigenvalue weighted by atomic mass is 9.84. The number of nitrogens with zero attached hydrogens (tertiary/aromatic N) is 1. The summed E-state index contributed by atoms with van der Waals surface area (Å²) in [7, 11) is 0. The highest BCUT2D eigenvalue weighted by Crippen LogP contribution is 2.49. The van der Waals surface area contributed by atoms with Crippen molar-refractivity contribution in [3.8, 4) is 5.75 Å². The van der Waals surface area contributed by atoms with Gasteiger partial charge in [0, 0.05) is 23.9 Å². The minimum absolute atomic E-state index is 0.0104. The number of hydrogen-bond donors (Lipinski definition) is 1. The van der Waals surface area contributed by atoms with Gasteiger partial charge >= 0.3 is 0 Å². The number of fused-ring (bicyclic) bond motifs is 1. The van der Waals surface area contributed by atoms with Crippen LogP contribution >= 0.6 is 0 Å². The highest BCUT2D eigenvalue weighted by Gasteiger charge is 2.39. The van der Waals surface area contributed by atoms with Crippen LogP contribution in [0.25, 0.3) is 0 Å². The Morgan fingerprint density at radius 3 is 2.33 bits per heavy atom. The molecule has 2 unspecified atom stereocenters. The summed E-state index contributed by atoms with van der Waals surface area (Å²) in [5, 5.41) is 0. The third-order valence-electron chi connectivity index (χ3n) is 5.84. The monoisotopic (exact) mass is 358 g/mol. The number of pyridine rings is 1. The molecule has 0 saturated carbocycles. The van der Waals surface area contributed by atoms with Gasteiger partial charge in [-0.2, -0.15) is 0 Å². The van der Waals surface area contributed by atoms with E-state index in [1.54, 1.807) is 0 Å². The van der Waals surface area contributed by atoms with Gasteiger partial charge < -0.3 is 10.5 Å². The Hall–Kier alpha value is -2.81. The van der Waals surface area contributed by atoms with E-state index >= 15 is 0 Å². The highest BCUT2D eigenvalue weighted by atomic mass is 16.5. The zero-order valence-corrected chi connectivity index (χ0v) is 16.4. The summed E-state index contributed by atoms with van der Waals surface area (Å²) < 4.78 is 6.56. The van der Waals surface area contributed by atoms with Crippen molar-refractivity contribution in [2.45, 2.75) is 46.1 Å². The molecule has 3 aromatic rings. The normalized spacial score (nSPS) is 18.2. The SMILES string of the molecule is Cc1ccc(C2c3c(C)c(N)c(C)c(C)c3OC2Cc2ccccc2)nc1. The molecule has 1 aliphatic rings. The summed E-state index contributed by atoms with van der Waals surface area (Å²) in [5.41, 5.74) is 15.4. The molecule has 1 aromatic heterocycles. The van der Waals surface area contributed by atoms with Crippen molar-refractivity contribution in [3.63, 3.8) is 0 Å². The molecule has 2 heterocycles. The van der Waals surface area contributed by atoms with Gasteiger partial charge in [0.15, 0.2) is 0 Å². The lowest BCUT2D eigenvalue weighted by Gasteiger charge is -2.20. The molecule has 3 heteroatoms. The van der Waals surface area contributed by atoms with Gasteiger partial charge in [-0.25, -0.2) is 0 Å². The first kappa shape index (κ1) is 17.6. The second-order valence-electron chi connectivity index (χ2n) is 7.62. The van der Waals surface area contributed by atoms with Gasteiger partial charge in [0.05, 0.1) is 11.6 Å². The maximum atomic E-state index is 6.56. The van der Waals surface area contributed by atoms with E-state index in [0.717, 1.165) is 45.8 Å². The Bertz CT molecular complexity index is 978. The van der Waals surface area contributed by atoms with Crippen LogP contribution in [0, 0.1) is 27.7 Å². The first-order valence-corrected chi connectivity index (χ1v) is 9.49. The van der Waals surface area contributed by atoms with Crippen LogP contribution in [-0.4, -0.2) is 11.1 Å². The van der Waals surface area contributed by atoms with Gasteiger partial charge in [0.1, 0.15) is 11.9 Å². The van der Waals surface area contributed by atoms with Gasteiger partial charge in [-0.1, -0.05) is 36.4 Å². The fraction of sp³-hybridized carbons (Fsp3) is 0.292. The van der Waals surface area contributed by atoms with Crippen LogP contribution in [0.5, 0.6) is 5.75 Å². The van der Waals surface area contributed by atoms with Gasteiger partial charge in [0.2, 0.25) is 0 Å². The maximum absolute atomic E-state index is 6.56. The van der Waals surface area contributed by atoms with Crippen molar-refractivity contribution >= 4 is 5.69 Å². The molecule has 2 N–H and O–H groups in total. The molecular formula is C24H26N2O. The maximum Gasteiger partial charge on any atom is 0.127 e. The van der Waals surface area contributed by atoms with Crippen LogP contribution in [0.3, 0.4) is 0 Å². The molecule has 0 aliphatic carbocycles. The molecule has 0 fully saturated rings. The number of ether oxygens (including phenoxy) is 1. The third-order valence-corrected chi connectivity index (χ3v) is 5.84. The summed E-state index contributed by atoms with van der Waals surface area (Å²) in [5.74, 6) is 1.08. The highest BCUT2D eigenvalue weighted by molar-refractivity contribution is 5.68. The Kier molecular flexibility index (Phi) is 4.39. The fourth-order valence-corrected chi connectivity index (χ4v) is 4.11. The van der Waals surface area contributed by atoms with Crippen LogP contribution in [0.15, 0.2) is 48.7 Å². The molecule has 27 heavy (non-hydrogen) atoms. The van der Waals surface area contributed by atoms with E-state index in [-0.39, 0.29) is 12.0 Å². The second kappa shape index (κ2) is 6.73. The van der Waals surface area contributed by atoms with E-state index in [4.69, 9.17) is 15.5 Å². The van der Waals surface area contributed by atoms with Crippen molar-refractivity contribution in [2.75, 3.05) is 5.73 Å². The topological polar surface area (TPSA) is 48.1 Å². The summed E-state index contributed by atoms with van der Waals surface area (Å²) in [6.07, 6.45) is 2.79. The molecule has 138 valence electrons. The summed E-state index contributed by atoms with van der Waals surface area (Å²) in [6.45, 7) is 8.35. The lowest BCUT2D eigenvalue weighted by Crippen LogP contribution is -2.23. The van der Waals surface area contributed by atoms with Crippen molar-refractivity contribution < 1.29 is 4.74 Å². The largest absolute Gasteiger partial charge is 0.488 e. The predicted molar refractivity (Wildman–Crippen MR) is 110 cm³/mol. The number of nitrogen functional groups attached to an aromatic ring is 1. The lowest BCUT2D eigenvalue weighted by molar-refractivity contribution is 0.215. The minimum Gasteiger partial charge on any atom is -0.488 e. The minimum atomic E-state index is 0.0104. The Morgan fingerprint density at radius 1 is 0.926 bits per heavy atom. The molecular weight excluding hydrogens is 332 g/mol. The Morgan fingerprint density at radius 2 is 1.67 bits per heavy atom. The van der Waals surface area contributed by atoms with Crippen LogP contribution in [0.4, 0.5) is 5.69 Å². The molecule has 0 spiro atoms. The van der Waals surface area contributed by atoms with Gasteiger partial charge in [-0.15, -0.1) is 0 Å². The quantitative estimate of drug-likeness (QED) is 0.668. The standard InChI is InChI=1S/C24H26N2O/c1-14-10-11-19(26-13-14)22-20(12-18-8-6-5-7-9-18)27-24-16(3)15(2)23(25)17(4)21(22)24/h5-11,13,20,22H,12,25H2,1-4H3. The number of rotatable bonds is 3. The van der Waals surface area contributed by atoms with Crippen LogP contribution in [-0.2, 0) is 6.42 Å². The van der Waals surface area contributed by atoms with E-state index in [2.05, 4.69) is 64.1 Å². The number of hydrogen-bond acceptors (Lipinski definition) is 3. The molecule has 1 aliphatic heterocycles. The zero-order chi connectivity index (χ0) is 19.1. The number of benzene rings is 2. The number of aromatic nitrogens is 1. The average molecular weight is 358 g/mol. The molecule has 0 saturated heterocycles. The van der Waals surface area contributed by atoms with Crippen LogP contribution in [0.1, 0.15) is 45.0 Å². The Balaban J connectivity index is 1.86. The molecule has 2 atom stereocenters. The average Bonchev–Trinajstić information content (AvgIpc) is 3.05. The zero-order valence-electron chi connectivity index (χ0n) is 16.4. The predicted octanol–water partition coefficient (Wildman–Crippen LogP) is 5.03. The number of aryl methyl sites for hydroxylation is 1. The van der Waals surface area contributed by atoms with E-state index in [0.29, 0.717) is 0 Å². The smallest absolute Gasteiger partial charge is 0.127 e. The van der Waals surface area contributed by atoms with Crippen molar-refractivity contribution in [2.24, 2.45) is 0 Å². The number of anilines is 1. The van der Waals surface area contributed by atoms with Crippen molar-refractivity contribution in [3.05, 3.63) is 87.7 Å². The molecule has 0 bridgehead atoms. The van der Waals surface area contributed by atoms with E-state index in [1.165, 1.54) is 11.1 Å². The summed E-state index contributed by atoms with van der Waals surface area (Å²) in [4.78, 5) is 4.75. The Labute approximate surface area is 161 Å². The molecule has 0 amide bonds. The van der Waals surface area contributed by atoms with E-state index in [9.17, 15) is 0 Å².